The molecule has 0 spiro atoms. The first-order valence-electron chi connectivity index (χ1n) is 3.77. The van der Waals surface area contributed by atoms with Crippen LogP contribution in [0.15, 0.2) is 32.0 Å². The molecule has 15 heavy (non-hydrogen) atoms. The van der Waals surface area contributed by atoms with E-state index in [2.05, 4.69) is 25.7 Å². The van der Waals surface area contributed by atoms with Crippen molar-refractivity contribution in [3.63, 3.8) is 0 Å². The van der Waals surface area contributed by atoms with E-state index in [-0.39, 0.29) is 11.6 Å². The Morgan fingerprint density at radius 3 is 2.93 bits per heavy atom. The standard InChI is InChI=1S/C8H4BrNO5/c9-5-2-1-4(14-5)6-7(10-3-13-6)15-8(11)12/h1-3H,(H,11,12). The number of oxazole rings is 1. The summed E-state index contributed by atoms with van der Waals surface area (Å²) in [5, 5.41) is 8.42. The molecular formula is C8H4BrNO5. The largest absolute Gasteiger partial charge is 0.512 e. The van der Waals surface area contributed by atoms with Crippen LogP contribution in [0.2, 0.25) is 0 Å². The zero-order valence-corrected chi connectivity index (χ0v) is 8.72. The Kier molecular flexibility index (Phi) is 2.46. The minimum atomic E-state index is -1.46. The van der Waals surface area contributed by atoms with Gasteiger partial charge in [-0.25, -0.2) is 4.79 Å². The van der Waals surface area contributed by atoms with Crippen molar-refractivity contribution >= 4 is 22.1 Å². The number of carbonyl (C=O) groups is 1. The van der Waals surface area contributed by atoms with Crippen molar-refractivity contribution in [2.45, 2.75) is 0 Å². The van der Waals surface area contributed by atoms with Crippen molar-refractivity contribution in [1.82, 2.24) is 4.98 Å². The molecule has 0 aromatic carbocycles. The van der Waals surface area contributed by atoms with Gasteiger partial charge in [-0.3, -0.25) is 0 Å². The van der Waals surface area contributed by atoms with E-state index >= 15 is 0 Å². The summed E-state index contributed by atoms with van der Waals surface area (Å²) in [5.41, 5.74) is 0. The van der Waals surface area contributed by atoms with Crippen molar-refractivity contribution < 1.29 is 23.5 Å². The van der Waals surface area contributed by atoms with Crippen LogP contribution in [0.1, 0.15) is 0 Å². The highest BCUT2D eigenvalue weighted by Crippen LogP contribution is 2.31. The average molecular weight is 274 g/mol. The molecule has 0 aliphatic rings. The quantitative estimate of drug-likeness (QED) is 0.847. The lowest BCUT2D eigenvalue weighted by atomic mass is 10.4. The van der Waals surface area contributed by atoms with Gasteiger partial charge in [0, 0.05) is 0 Å². The lowest BCUT2D eigenvalue weighted by Crippen LogP contribution is -2.03. The Morgan fingerprint density at radius 2 is 2.33 bits per heavy atom. The van der Waals surface area contributed by atoms with Crippen LogP contribution in [0, 0.1) is 0 Å². The number of hydrogen-bond donors (Lipinski definition) is 1. The number of halogens is 1. The molecule has 0 radical (unpaired) electrons. The van der Waals surface area contributed by atoms with Gasteiger partial charge >= 0.3 is 6.16 Å². The molecule has 0 saturated carbocycles. The summed E-state index contributed by atoms with van der Waals surface area (Å²) in [7, 11) is 0. The molecule has 7 heteroatoms. The molecule has 0 aliphatic carbocycles. The fourth-order valence-electron chi connectivity index (χ4n) is 0.991. The summed E-state index contributed by atoms with van der Waals surface area (Å²) in [4.78, 5) is 13.9. The monoisotopic (exact) mass is 273 g/mol. The van der Waals surface area contributed by atoms with E-state index in [1.165, 1.54) is 0 Å². The zero-order chi connectivity index (χ0) is 10.8. The van der Waals surface area contributed by atoms with Gasteiger partial charge in [0.1, 0.15) is 0 Å². The van der Waals surface area contributed by atoms with E-state index in [0.717, 1.165) is 6.39 Å². The maximum Gasteiger partial charge on any atom is 0.512 e. The highest BCUT2D eigenvalue weighted by molar-refractivity contribution is 9.10. The molecule has 2 rings (SSSR count). The van der Waals surface area contributed by atoms with Gasteiger partial charge in [-0.05, 0) is 28.1 Å². The summed E-state index contributed by atoms with van der Waals surface area (Å²) in [6.07, 6.45) is -0.389. The smallest absolute Gasteiger partial charge is 0.449 e. The number of furan rings is 1. The fourth-order valence-corrected chi connectivity index (χ4v) is 1.30. The number of rotatable bonds is 2. The minimum absolute atomic E-state index is 0.128. The van der Waals surface area contributed by atoms with Crippen molar-refractivity contribution in [3.8, 4) is 17.4 Å². The molecule has 2 aromatic rings. The minimum Gasteiger partial charge on any atom is -0.449 e. The van der Waals surface area contributed by atoms with Gasteiger partial charge in [-0.2, -0.15) is 4.98 Å². The average Bonchev–Trinajstić information content (AvgIpc) is 2.72. The third-order valence-corrected chi connectivity index (χ3v) is 1.94. The van der Waals surface area contributed by atoms with Crippen molar-refractivity contribution in [2.24, 2.45) is 0 Å². The molecule has 2 heterocycles. The highest BCUT2D eigenvalue weighted by atomic mass is 79.9. The highest BCUT2D eigenvalue weighted by Gasteiger charge is 2.18. The summed E-state index contributed by atoms with van der Waals surface area (Å²) in [5.74, 6) is 0.308. The second-order valence-corrected chi connectivity index (χ2v) is 3.24. The Morgan fingerprint density at radius 1 is 1.53 bits per heavy atom. The number of nitrogens with zero attached hydrogens (tertiary/aromatic N) is 1. The Bertz CT molecular complexity index is 489. The van der Waals surface area contributed by atoms with Crippen LogP contribution < -0.4 is 4.74 Å². The maximum atomic E-state index is 10.3. The Labute approximate surface area is 91.6 Å². The Hall–Kier alpha value is -1.76. The van der Waals surface area contributed by atoms with Crippen LogP contribution in [0.25, 0.3) is 11.5 Å². The van der Waals surface area contributed by atoms with E-state index in [0.29, 0.717) is 10.4 Å². The second-order valence-electron chi connectivity index (χ2n) is 2.46. The lowest BCUT2D eigenvalue weighted by Gasteiger charge is -1.95. The molecule has 0 saturated heterocycles. The second kappa shape index (κ2) is 3.77. The van der Waals surface area contributed by atoms with Gasteiger partial charge in [0.25, 0.3) is 5.88 Å². The molecule has 2 aromatic heterocycles. The Balaban J connectivity index is 2.36. The molecule has 6 nitrogen and oxygen atoms in total. The predicted molar refractivity (Wildman–Crippen MR) is 50.6 cm³/mol. The maximum absolute atomic E-state index is 10.3. The van der Waals surface area contributed by atoms with Crippen molar-refractivity contribution in [3.05, 3.63) is 23.2 Å². The predicted octanol–water partition coefficient (Wildman–Crippen LogP) is 2.75. The van der Waals surface area contributed by atoms with Gasteiger partial charge in [0.15, 0.2) is 16.8 Å². The molecule has 78 valence electrons. The van der Waals surface area contributed by atoms with Gasteiger partial charge in [-0.1, -0.05) is 0 Å². The first kappa shape index (κ1) is 9.78. The van der Waals surface area contributed by atoms with Gasteiger partial charge in [0.2, 0.25) is 5.76 Å². The molecule has 0 fully saturated rings. The number of ether oxygens (including phenoxy) is 1. The zero-order valence-electron chi connectivity index (χ0n) is 7.14. The molecule has 0 atom stereocenters. The van der Waals surface area contributed by atoms with Crippen LogP contribution in [0.4, 0.5) is 4.79 Å². The van der Waals surface area contributed by atoms with E-state index in [1.54, 1.807) is 12.1 Å². The summed E-state index contributed by atoms with van der Waals surface area (Å²) < 4.78 is 15.0. The number of aromatic nitrogens is 1. The van der Waals surface area contributed by atoms with Gasteiger partial charge < -0.3 is 18.7 Å². The topological polar surface area (TPSA) is 85.7 Å². The van der Waals surface area contributed by atoms with Crippen LogP contribution in [0.3, 0.4) is 0 Å². The molecule has 0 unspecified atom stereocenters. The first-order valence-corrected chi connectivity index (χ1v) is 4.56. The molecule has 0 amide bonds. The summed E-state index contributed by atoms with van der Waals surface area (Å²) in [6, 6.07) is 3.24. The number of carboxylic acid groups (broad SMARTS) is 1. The molecular weight excluding hydrogens is 270 g/mol. The number of hydrogen-bond acceptors (Lipinski definition) is 5. The summed E-state index contributed by atoms with van der Waals surface area (Å²) >= 11 is 3.11. The van der Waals surface area contributed by atoms with E-state index in [1.807, 2.05) is 0 Å². The lowest BCUT2D eigenvalue weighted by molar-refractivity contribution is 0.142. The molecule has 1 N–H and O–H groups in total. The van der Waals surface area contributed by atoms with Crippen LogP contribution in [-0.2, 0) is 0 Å². The fraction of sp³-hybridized carbons (Fsp3) is 0. The third-order valence-electron chi connectivity index (χ3n) is 1.52. The van der Waals surface area contributed by atoms with E-state index < -0.39 is 6.16 Å². The van der Waals surface area contributed by atoms with Gasteiger partial charge in [0.05, 0.1) is 0 Å². The molecule has 0 aliphatic heterocycles. The first-order chi connectivity index (χ1) is 7.16. The van der Waals surface area contributed by atoms with Crippen molar-refractivity contribution in [2.75, 3.05) is 0 Å². The van der Waals surface area contributed by atoms with Crippen LogP contribution >= 0.6 is 15.9 Å². The third kappa shape index (κ3) is 2.01. The van der Waals surface area contributed by atoms with E-state index in [9.17, 15) is 4.79 Å². The van der Waals surface area contributed by atoms with Gasteiger partial charge in [-0.15, -0.1) is 0 Å². The van der Waals surface area contributed by atoms with E-state index in [4.69, 9.17) is 13.9 Å². The van der Waals surface area contributed by atoms with Crippen LogP contribution in [-0.4, -0.2) is 16.2 Å². The molecule has 0 bridgehead atoms. The van der Waals surface area contributed by atoms with Crippen molar-refractivity contribution in [1.29, 1.82) is 0 Å². The normalized spacial score (nSPS) is 10.2. The SMILES string of the molecule is O=C(O)Oc1ncoc1-c1ccc(Br)o1. The summed E-state index contributed by atoms with van der Waals surface area (Å²) in [6.45, 7) is 0. The van der Waals surface area contributed by atoms with Crippen LogP contribution in [0.5, 0.6) is 5.88 Å².